The minimum absolute atomic E-state index is 0.496. The van der Waals surface area contributed by atoms with E-state index in [2.05, 4.69) is 19.2 Å². The first-order chi connectivity index (χ1) is 6.61. The number of rotatable bonds is 5. The van der Waals surface area contributed by atoms with E-state index in [1.54, 1.807) is 12.1 Å². The van der Waals surface area contributed by atoms with Gasteiger partial charge in [0.1, 0.15) is 0 Å². The number of hydrogen-bond acceptors (Lipinski definition) is 1. The van der Waals surface area contributed by atoms with Crippen LogP contribution in [0.1, 0.15) is 26.1 Å². The molecule has 80 valence electrons. The maximum Gasteiger partial charge on any atom is 0.318 e. The summed E-state index contributed by atoms with van der Waals surface area (Å²) in [5, 5.41) is 3.13. The highest BCUT2D eigenvalue weighted by molar-refractivity contribution is 5.07. The average Bonchev–Trinajstić information content (AvgIpc) is 2.51. The van der Waals surface area contributed by atoms with Crippen molar-refractivity contribution in [2.24, 2.45) is 5.92 Å². The fourth-order valence-electron chi connectivity index (χ4n) is 1.26. The van der Waals surface area contributed by atoms with Crippen molar-refractivity contribution < 1.29 is 8.78 Å². The lowest BCUT2D eigenvalue weighted by Crippen LogP contribution is -2.20. The van der Waals surface area contributed by atoms with E-state index < -0.39 is 6.55 Å². The van der Waals surface area contributed by atoms with E-state index in [-0.39, 0.29) is 0 Å². The average molecular weight is 202 g/mol. The molecule has 2 nitrogen and oxygen atoms in total. The van der Waals surface area contributed by atoms with Crippen LogP contribution >= 0.6 is 0 Å². The van der Waals surface area contributed by atoms with Gasteiger partial charge in [0.15, 0.2) is 0 Å². The Hall–Kier alpha value is -0.900. The van der Waals surface area contributed by atoms with E-state index in [1.165, 1.54) is 6.20 Å². The van der Waals surface area contributed by atoms with Crippen LogP contribution in [0.15, 0.2) is 18.3 Å². The molecule has 0 atom stereocenters. The molecule has 0 saturated carbocycles. The van der Waals surface area contributed by atoms with Gasteiger partial charge in [0.25, 0.3) is 0 Å². The third-order valence-electron chi connectivity index (χ3n) is 1.94. The van der Waals surface area contributed by atoms with Crippen LogP contribution in [-0.2, 0) is 6.54 Å². The minimum Gasteiger partial charge on any atom is -0.311 e. The van der Waals surface area contributed by atoms with Crippen molar-refractivity contribution in [1.29, 1.82) is 0 Å². The summed E-state index contributed by atoms with van der Waals surface area (Å²) in [4.78, 5) is 0. The van der Waals surface area contributed by atoms with Crippen LogP contribution in [-0.4, -0.2) is 11.1 Å². The van der Waals surface area contributed by atoms with E-state index in [9.17, 15) is 8.78 Å². The van der Waals surface area contributed by atoms with Gasteiger partial charge >= 0.3 is 6.55 Å². The van der Waals surface area contributed by atoms with Crippen molar-refractivity contribution >= 4 is 0 Å². The molecule has 1 aromatic rings. The van der Waals surface area contributed by atoms with Gasteiger partial charge in [0, 0.05) is 18.4 Å². The highest BCUT2D eigenvalue weighted by atomic mass is 19.3. The SMILES string of the molecule is CC(C)CNCc1cccn1C(F)F. The number of halogens is 2. The summed E-state index contributed by atoms with van der Waals surface area (Å²) in [7, 11) is 0. The van der Waals surface area contributed by atoms with E-state index in [0.717, 1.165) is 11.1 Å². The largest absolute Gasteiger partial charge is 0.318 e. The molecule has 14 heavy (non-hydrogen) atoms. The Kier molecular flexibility index (Phi) is 4.07. The second kappa shape index (κ2) is 5.10. The molecule has 1 N–H and O–H groups in total. The molecule has 0 aliphatic carbocycles. The van der Waals surface area contributed by atoms with Gasteiger partial charge in [-0.2, -0.15) is 8.78 Å². The van der Waals surface area contributed by atoms with E-state index in [4.69, 9.17) is 0 Å². The van der Waals surface area contributed by atoms with Gasteiger partial charge in [-0.3, -0.25) is 4.57 Å². The van der Waals surface area contributed by atoms with Crippen LogP contribution in [0, 0.1) is 5.92 Å². The Labute approximate surface area is 82.9 Å². The van der Waals surface area contributed by atoms with Crippen molar-refractivity contribution in [2.75, 3.05) is 6.54 Å². The van der Waals surface area contributed by atoms with E-state index >= 15 is 0 Å². The Bertz CT molecular complexity index is 269. The molecule has 0 fully saturated rings. The summed E-state index contributed by atoms with van der Waals surface area (Å²) < 4.78 is 25.7. The van der Waals surface area contributed by atoms with Crippen molar-refractivity contribution in [1.82, 2.24) is 9.88 Å². The number of nitrogens with zero attached hydrogens (tertiary/aromatic N) is 1. The standard InChI is InChI=1S/C10H16F2N2/c1-8(2)6-13-7-9-4-3-5-14(9)10(11)12/h3-5,8,10,13H,6-7H2,1-2H3. The topological polar surface area (TPSA) is 17.0 Å². The second-order valence-electron chi connectivity index (χ2n) is 3.71. The van der Waals surface area contributed by atoms with Gasteiger partial charge < -0.3 is 5.32 Å². The lowest BCUT2D eigenvalue weighted by molar-refractivity contribution is 0.0674. The summed E-state index contributed by atoms with van der Waals surface area (Å²) >= 11 is 0. The second-order valence-corrected chi connectivity index (χ2v) is 3.71. The predicted molar refractivity (Wildman–Crippen MR) is 52.2 cm³/mol. The van der Waals surface area contributed by atoms with Crippen molar-refractivity contribution in [3.05, 3.63) is 24.0 Å². The molecular formula is C10H16F2N2. The molecule has 0 bridgehead atoms. The zero-order valence-corrected chi connectivity index (χ0v) is 8.50. The van der Waals surface area contributed by atoms with E-state index in [1.807, 2.05) is 0 Å². The fraction of sp³-hybridized carbons (Fsp3) is 0.600. The molecule has 0 aliphatic rings. The summed E-state index contributed by atoms with van der Waals surface area (Å²) in [6.45, 7) is 3.06. The number of hydrogen-bond donors (Lipinski definition) is 1. The molecule has 0 spiro atoms. The van der Waals surface area contributed by atoms with Gasteiger partial charge in [0.05, 0.1) is 0 Å². The number of nitrogens with one attached hydrogen (secondary N) is 1. The number of aromatic nitrogens is 1. The minimum atomic E-state index is -2.44. The molecule has 0 radical (unpaired) electrons. The Morgan fingerprint density at radius 2 is 2.14 bits per heavy atom. The van der Waals surface area contributed by atoms with E-state index in [0.29, 0.717) is 18.2 Å². The molecule has 1 aromatic heterocycles. The van der Waals surface area contributed by atoms with Gasteiger partial charge in [-0.15, -0.1) is 0 Å². The molecular weight excluding hydrogens is 186 g/mol. The smallest absolute Gasteiger partial charge is 0.311 e. The van der Waals surface area contributed by atoms with Crippen LogP contribution in [0.4, 0.5) is 8.78 Å². The quantitative estimate of drug-likeness (QED) is 0.776. The van der Waals surface area contributed by atoms with Crippen molar-refractivity contribution in [2.45, 2.75) is 26.9 Å². The number of alkyl halides is 2. The molecule has 0 amide bonds. The van der Waals surface area contributed by atoms with Crippen molar-refractivity contribution in [3.63, 3.8) is 0 Å². The first-order valence-corrected chi connectivity index (χ1v) is 4.76. The first kappa shape index (κ1) is 11.2. The normalized spacial score (nSPS) is 11.6. The Balaban J connectivity index is 2.46. The molecule has 0 aliphatic heterocycles. The molecule has 4 heteroatoms. The lowest BCUT2D eigenvalue weighted by atomic mass is 10.2. The Morgan fingerprint density at radius 3 is 2.71 bits per heavy atom. The van der Waals surface area contributed by atoms with Gasteiger partial charge in [-0.25, -0.2) is 0 Å². The van der Waals surface area contributed by atoms with Gasteiger partial charge in [-0.1, -0.05) is 13.8 Å². The maximum atomic E-state index is 12.4. The highest BCUT2D eigenvalue weighted by Gasteiger charge is 2.08. The van der Waals surface area contributed by atoms with Gasteiger partial charge in [-0.05, 0) is 24.6 Å². The zero-order chi connectivity index (χ0) is 10.6. The predicted octanol–water partition coefficient (Wildman–Crippen LogP) is 2.63. The maximum absolute atomic E-state index is 12.4. The molecule has 1 rings (SSSR count). The zero-order valence-electron chi connectivity index (χ0n) is 8.50. The Morgan fingerprint density at radius 1 is 1.43 bits per heavy atom. The fourth-order valence-corrected chi connectivity index (χ4v) is 1.26. The third-order valence-corrected chi connectivity index (χ3v) is 1.94. The monoisotopic (exact) mass is 202 g/mol. The van der Waals surface area contributed by atoms with Gasteiger partial charge in [0.2, 0.25) is 0 Å². The van der Waals surface area contributed by atoms with Crippen LogP contribution in [0.3, 0.4) is 0 Å². The summed E-state index contributed by atoms with van der Waals surface area (Å²) in [5.74, 6) is 0.532. The van der Waals surface area contributed by atoms with Crippen LogP contribution < -0.4 is 5.32 Å². The third kappa shape index (κ3) is 3.10. The lowest BCUT2D eigenvalue weighted by Gasteiger charge is -2.10. The summed E-state index contributed by atoms with van der Waals surface area (Å²) in [5.41, 5.74) is 0.626. The molecule has 0 saturated heterocycles. The molecule has 0 aromatic carbocycles. The molecule has 1 heterocycles. The van der Waals surface area contributed by atoms with Crippen LogP contribution in [0.2, 0.25) is 0 Å². The molecule has 0 unspecified atom stereocenters. The first-order valence-electron chi connectivity index (χ1n) is 4.76. The summed E-state index contributed by atoms with van der Waals surface area (Å²) in [6.07, 6.45) is 1.40. The van der Waals surface area contributed by atoms with Crippen LogP contribution in [0.5, 0.6) is 0 Å². The van der Waals surface area contributed by atoms with Crippen LogP contribution in [0.25, 0.3) is 0 Å². The highest BCUT2D eigenvalue weighted by Crippen LogP contribution is 2.14. The summed E-state index contributed by atoms with van der Waals surface area (Å²) in [6, 6.07) is 3.35. The van der Waals surface area contributed by atoms with Crippen molar-refractivity contribution in [3.8, 4) is 0 Å².